The van der Waals surface area contributed by atoms with E-state index in [2.05, 4.69) is 15.3 Å². The molecule has 2 aromatic rings. The Hall–Kier alpha value is -1.88. The number of hydrogen-bond donors (Lipinski definition) is 2. The number of hydrogen-bond acceptors (Lipinski definition) is 3. The van der Waals surface area contributed by atoms with E-state index in [0.29, 0.717) is 6.04 Å². The average Bonchev–Trinajstić information content (AvgIpc) is 2.77. The summed E-state index contributed by atoms with van der Waals surface area (Å²) in [6.45, 7) is 2.04. The first-order valence-electron chi connectivity index (χ1n) is 7.17. The van der Waals surface area contributed by atoms with Gasteiger partial charge in [0.25, 0.3) is 5.91 Å². The van der Waals surface area contributed by atoms with E-state index in [-0.39, 0.29) is 5.91 Å². The van der Waals surface area contributed by atoms with Crippen LogP contribution in [0.5, 0.6) is 0 Å². The van der Waals surface area contributed by atoms with Crippen molar-refractivity contribution in [1.29, 1.82) is 0 Å². The van der Waals surface area contributed by atoms with Gasteiger partial charge in [-0.3, -0.25) is 4.79 Å². The summed E-state index contributed by atoms with van der Waals surface area (Å²) in [5.41, 5.74) is 2.52. The molecule has 1 aromatic carbocycles. The van der Waals surface area contributed by atoms with Gasteiger partial charge in [0.2, 0.25) is 0 Å². The minimum atomic E-state index is 0.0911. The van der Waals surface area contributed by atoms with Crippen LogP contribution < -0.4 is 5.32 Å². The highest BCUT2D eigenvalue weighted by molar-refractivity contribution is 5.97. The van der Waals surface area contributed by atoms with Crippen molar-refractivity contribution in [1.82, 2.24) is 20.2 Å². The molecule has 1 aromatic heterocycles. The smallest absolute Gasteiger partial charge is 0.253 e. The zero-order valence-corrected chi connectivity index (χ0v) is 11.7. The molecule has 0 aliphatic carbocycles. The molecular weight excluding hydrogens is 252 g/mol. The molecule has 20 heavy (non-hydrogen) atoms. The Morgan fingerprint density at radius 3 is 3.15 bits per heavy atom. The lowest BCUT2D eigenvalue weighted by Crippen LogP contribution is -2.37. The van der Waals surface area contributed by atoms with Crippen molar-refractivity contribution in [2.75, 3.05) is 20.1 Å². The predicted molar refractivity (Wildman–Crippen MR) is 78.7 cm³/mol. The van der Waals surface area contributed by atoms with Gasteiger partial charge < -0.3 is 15.2 Å². The van der Waals surface area contributed by atoms with E-state index in [4.69, 9.17) is 0 Å². The Kier molecular flexibility index (Phi) is 3.69. The Morgan fingerprint density at radius 2 is 2.25 bits per heavy atom. The molecule has 1 fully saturated rings. The Morgan fingerprint density at radius 1 is 1.35 bits per heavy atom. The predicted octanol–water partition coefficient (Wildman–Crippen LogP) is 1.78. The molecule has 0 radical (unpaired) electrons. The molecule has 106 valence electrons. The quantitative estimate of drug-likeness (QED) is 0.876. The van der Waals surface area contributed by atoms with Crippen molar-refractivity contribution in [3.63, 3.8) is 0 Å². The van der Waals surface area contributed by atoms with Gasteiger partial charge in [0.15, 0.2) is 0 Å². The van der Waals surface area contributed by atoms with Crippen molar-refractivity contribution in [2.24, 2.45) is 0 Å². The number of nitrogens with zero attached hydrogens (tertiary/aromatic N) is 2. The highest BCUT2D eigenvalue weighted by Crippen LogP contribution is 2.17. The third-order valence-corrected chi connectivity index (χ3v) is 4.08. The number of aromatic nitrogens is 2. The second-order valence-electron chi connectivity index (χ2n) is 5.39. The van der Waals surface area contributed by atoms with E-state index < -0.39 is 0 Å². The molecule has 0 bridgehead atoms. The van der Waals surface area contributed by atoms with Gasteiger partial charge in [-0.1, -0.05) is 0 Å². The number of imidazole rings is 1. The lowest BCUT2D eigenvalue weighted by atomic mass is 10.1. The maximum Gasteiger partial charge on any atom is 0.253 e. The van der Waals surface area contributed by atoms with Gasteiger partial charge in [-0.25, -0.2) is 4.98 Å². The molecule has 2 heterocycles. The van der Waals surface area contributed by atoms with Crippen LogP contribution in [0.3, 0.4) is 0 Å². The van der Waals surface area contributed by atoms with Crippen LogP contribution in [0.2, 0.25) is 0 Å². The van der Waals surface area contributed by atoms with Crippen molar-refractivity contribution in [3.8, 4) is 0 Å². The van der Waals surface area contributed by atoms with Gasteiger partial charge in [0, 0.05) is 18.7 Å². The number of carbonyl (C=O) groups is 1. The number of fused-ring (bicyclic) bond motifs is 1. The van der Waals surface area contributed by atoms with Crippen LogP contribution in [0.25, 0.3) is 11.0 Å². The summed E-state index contributed by atoms with van der Waals surface area (Å²) >= 11 is 0. The summed E-state index contributed by atoms with van der Waals surface area (Å²) in [7, 11) is 1.91. The number of aromatic amines is 1. The number of rotatable bonds is 2. The zero-order chi connectivity index (χ0) is 13.9. The first-order chi connectivity index (χ1) is 9.75. The second-order valence-corrected chi connectivity index (χ2v) is 5.39. The number of nitrogens with one attached hydrogen (secondary N) is 2. The molecule has 1 aliphatic rings. The molecule has 1 unspecified atom stereocenters. The van der Waals surface area contributed by atoms with E-state index in [1.54, 1.807) is 6.33 Å². The van der Waals surface area contributed by atoms with E-state index in [0.717, 1.165) is 48.9 Å². The van der Waals surface area contributed by atoms with Crippen LogP contribution in [-0.4, -0.2) is 47.0 Å². The normalized spacial score (nSPS) is 19.8. The van der Waals surface area contributed by atoms with Gasteiger partial charge in [0.1, 0.15) is 0 Å². The Bertz CT molecular complexity index is 599. The van der Waals surface area contributed by atoms with Crippen molar-refractivity contribution < 1.29 is 4.79 Å². The van der Waals surface area contributed by atoms with Gasteiger partial charge >= 0.3 is 0 Å². The van der Waals surface area contributed by atoms with Gasteiger partial charge in [-0.05, 0) is 50.6 Å². The van der Waals surface area contributed by atoms with Gasteiger partial charge in [-0.15, -0.1) is 0 Å². The molecule has 1 atom stereocenters. The average molecular weight is 272 g/mol. The highest BCUT2D eigenvalue weighted by atomic mass is 16.2. The van der Waals surface area contributed by atoms with Crippen LogP contribution in [0.1, 0.15) is 29.6 Å². The third-order valence-electron chi connectivity index (χ3n) is 4.08. The van der Waals surface area contributed by atoms with E-state index in [1.165, 1.54) is 0 Å². The lowest BCUT2D eigenvalue weighted by Gasteiger charge is -2.27. The minimum Gasteiger partial charge on any atom is -0.345 e. The van der Waals surface area contributed by atoms with Crippen LogP contribution in [0.15, 0.2) is 24.5 Å². The monoisotopic (exact) mass is 272 g/mol. The molecule has 1 amide bonds. The standard InChI is InChI=1S/C15H20N4O/c1-19(12-3-2-7-16-8-6-12)15(20)11-4-5-13-14(9-11)18-10-17-13/h4-5,9-10,12,16H,2-3,6-8H2,1H3,(H,17,18). The molecular formula is C15H20N4O. The number of benzene rings is 1. The van der Waals surface area contributed by atoms with E-state index in [9.17, 15) is 4.79 Å². The third kappa shape index (κ3) is 2.54. The topological polar surface area (TPSA) is 61.0 Å². The molecule has 0 spiro atoms. The van der Waals surface area contributed by atoms with Crippen LogP contribution >= 0.6 is 0 Å². The SMILES string of the molecule is CN(C(=O)c1ccc2nc[nH]c2c1)C1CCCNCC1. The van der Waals surface area contributed by atoms with Gasteiger partial charge in [0.05, 0.1) is 17.4 Å². The molecule has 1 saturated heterocycles. The van der Waals surface area contributed by atoms with Gasteiger partial charge in [-0.2, -0.15) is 0 Å². The maximum absolute atomic E-state index is 12.6. The molecule has 3 rings (SSSR count). The summed E-state index contributed by atoms with van der Waals surface area (Å²) in [5.74, 6) is 0.0911. The number of carbonyl (C=O) groups excluding carboxylic acids is 1. The molecule has 1 aliphatic heterocycles. The van der Waals surface area contributed by atoms with E-state index >= 15 is 0 Å². The molecule has 2 N–H and O–H groups in total. The second kappa shape index (κ2) is 5.63. The van der Waals surface area contributed by atoms with Crippen molar-refractivity contribution >= 4 is 16.9 Å². The Balaban J connectivity index is 1.79. The number of H-pyrrole nitrogens is 1. The Labute approximate surface area is 118 Å². The molecule has 5 nitrogen and oxygen atoms in total. The van der Waals surface area contributed by atoms with Crippen LogP contribution in [0.4, 0.5) is 0 Å². The zero-order valence-electron chi connectivity index (χ0n) is 11.7. The fourth-order valence-corrected chi connectivity index (χ4v) is 2.83. The van der Waals surface area contributed by atoms with Crippen molar-refractivity contribution in [3.05, 3.63) is 30.1 Å². The minimum absolute atomic E-state index is 0.0911. The lowest BCUT2D eigenvalue weighted by molar-refractivity contribution is 0.0720. The molecule has 0 saturated carbocycles. The fourth-order valence-electron chi connectivity index (χ4n) is 2.83. The summed E-state index contributed by atoms with van der Waals surface area (Å²) in [6.07, 6.45) is 4.87. The summed E-state index contributed by atoms with van der Waals surface area (Å²) in [5, 5.41) is 3.38. The summed E-state index contributed by atoms with van der Waals surface area (Å²) in [6, 6.07) is 5.96. The summed E-state index contributed by atoms with van der Waals surface area (Å²) in [4.78, 5) is 21.7. The first kappa shape index (κ1) is 13.1. The first-order valence-corrected chi connectivity index (χ1v) is 7.17. The summed E-state index contributed by atoms with van der Waals surface area (Å²) < 4.78 is 0. The number of amides is 1. The highest BCUT2D eigenvalue weighted by Gasteiger charge is 2.22. The molecule has 5 heteroatoms. The van der Waals surface area contributed by atoms with E-state index in [1.807, 2.05) is 30.1 Å². The van der Waals surface area contributed by atoms with Crippen LogP contribution in [0, 0.1) is 0 Å². The van der Waals surface area contributed by atoms with Crippen molar-refractivity contribution in [2.45, 2.75) is 25.3 Å². The fraction of sp³-hybridized carbons (Fsp3) is 0.467. The largest absolute Gasteiger partial charge is 0.345 e. The maximum atomic E-state index is 12.6. The van der Waals surface area contributed by atoms with Crippen LogP contribution in [-0.2, 0) is 0 Å².